The van der Waals surface area contributed by atoms with Gasteiger partial charge in [0.1, 0.15) is 0 Å². The topological polar surface area (TPSA) is 32.3 Å². The molecule has 0 saturated heterocycles. The van der Waals surface area contributed by atoms with Crippen LogP contribution in [-0.2, 0) is 6.42 Å². The van der Waals surface area contributed by atoms with E-state index in [1.54, 1.807) is 0 Å². The molecule has 2 N–H and O–H groups in total. The van der Waals surface area contributed by atoms with Crippen LogP contribution in [0.5, 0.6) is 0 Å². The van der Waals surface area contributed by atoms with E-state index in [0.717, 1.165) is 30.8 Å². The van der Waals surface area contributed by atoms with Crippen LogP contribution in [0.2, 0.25) is 5.02 Å². The number of nitrogens with one attached hydrogen (secondary N) is 1. The van der Waals surface area contributed by atoms with Crippen LogP contribution in [0.15, 0.2) is 24.3 Å². The van der Waals surface area contributed by atoms with Gasteiger partial charge in [0.25, 0.3) is 0 Å². The molecule has 1 saturated carbocycles. The molecule has 1 aromatic carbocycles. The second kappa shape index (κ2) is 7.44. The van der Waals surface area contributed by atoms with Crippen molar-refractivity contribution < 1.29 is 5.11 Å². The molecule has 0 aliphatic heterocycles. The Hall–Kier alpha value is -0.570. The fourth-order valence-electron chi connectivity index (χ4n) is 3.17. The summed E-state index contributed by atoms with van der Waals surface area (Å²) in [5.74, 6) is 0. The summed E-state index contributed by atoms with van der Waals surface area (Å²) in [5.41, 5.74) is 1.38. The number of hydrogen-bond donors (Lipinski definition) is 2. The lowest BCUT2D eigenvalue weighted by molar-refractivity contribution is 0.0789. The van der Waals surface area contributed by atoms with Crippen molar-refractivity contribution in [3.8, 4) is 0 Å². The summed E-state index contributed by atoms with van der Waals surface area (Å²) in [7, 11) is 0. The van der Waals surface area contributed by atoms with Gasteiger partial charge in [-0.2, -0.15) is 0 Å². The zero-order valence-corrected chi connectivity index (χ0v) is 13.1. The number of rotatable bonds is 6. The van der Waals surface area contributed by atoms with Crippen molar-refractivity contribution in [2.45, 2.75) is 51.5 Å². The first-order chi connectivity index (χ1) is 9.63. The molecule has 1 aromatic rings. The molecule has 112 valence electrons. The predicted molar refractivity (Wildman–Crippen MR) is 85.2 cm³/mol. The summed E-state index contributed by atoms with van der Waals surface area (Å²) in [4.78, 5) is 0. The molecule has 0 spiro atoms. The third-order valence-corrected chi connectivity index (χ3v) is 4.74. The van der Waals surface area contributed by atoms with E-state index in [9.17, 15) is 5.11 Å². The van der Waals surface area contributed by atoms with E-state index >= 15 is 0 Å². The molecule has 0 heterocycles. The summed E-state index contributed by atoms with van der Waals surface area (Å²) in [6, 6.07) is 8.46. The molecule has 1 unspecified atom stereocenters. The molecule has 1 atom stereocenters. The molecule has 2 nitrogen and oxygen atoms in total. The first kappa shape index (κ1) is 15.8. The lowest BCUT2D eigenvalue weighted by Crippen LogP contribution is -2.42. The number of benzene rings is 1. The van der Waals surface area contributed by atoms with Gasteiger partial charge in [-0.15, -0.1) is 0 Å². The molecule has 3 heteroatoms. The van der Waals surface area contributed by atoms with Crippen molar-refractivity contribution in [2.75, 3.05) is 13.2 Å². The Morgan fingerprint density at radius 1 is 1.30 bits per heavy atom. The van der Waals surface area contributed by atoms with Gasteiger partial charge in [-0.1, -0.05) is 43.0 Å². The first-order valence-corrected chi connectivity index (χ1v) is 8.10. The minimum atomic E-state index is 0.112. The highest BCUT2D eigenvalue weighted by Gasteiger charge is 2.31. The summed E-state index contributed by atoms with van der Waals surface area (Å²) in [5, 5.41) is 14.1. The fourth-order valence-corrected chi connectivity index (χ4v) is 3.39. The van der Waals surface area contributed by atoms with E-state index in [1.165, 1.54) is 24.8 Å². The molecule has 0 amide bonds. The summed E-state index contributed by atoms with van der Waals surface area (Å²) >= 11 is 6.02. The minimum absolute atomic E-state index is 0.112. The van der Waals surface area contributed by atoms with Crippen molar-refractivity contribution in [1.29, 1.82) is 0 Å². The Labute approximate surface area is 127 Å². The summed E-state index contributed by atoms with van der Waals surface area (Å²) in [6.07, 6.45) is 7.11. The van der Waals surface area contributed by atoms with Crippen LogP contribution in [0.4, 0.5) is 0 Å². The number of aliphatic hydroxyl groups excluding tert-OH is 1. The first-order valence-electron chi connectivity index (χ1n) is 7.72. The van der Waals surface area contributed by atoms with E-state index in [1.807, 2.05) is 18.2 Å². The van der Waals surface area contributed by atoms with Gasteiger partial charge in [0, 0.05) is 29.6 Å². The van der Waals surface area contributed by atoms with Gasteiger partial charge in [0.15, 0.2) is 0 Å². The molecule has 2 rings (SSSR count). The van der Waals surface area contributed by atoms with Gasteiger partial charge in [0.2, 0.25) is 0 Å². The van der Waals surface area contributed by atoms with Crippen LogP contribution in [0.1, 0.15) is 44.6 Å². The lowest BCUT2D eigenvalue weighted by atomic mass is 9.74. The zero-order valence-electron chi connectivity index (χ0n) is 12.4. The van der Waals surface area contributed by atoms with E-state index in [2.05, 4.69) is 18.3 Å². The van der Waals surface area contributed by atoms with Crippen LogP contribution in [-0.4, -0.2) is 24.3 Å². The Balaban J connectivity index is 1.83. The third kappa shape index (κ3) is 4.47. The van der Waals surface area contributed by atoms with E-state index in [-0.39, 0.29) is 5.41 Å². The maximum Gasteiger partial charge on any atom is 0.0499 e. The van der Waals surface area contributed by atoms with Crippen LogP contribution in [0.25, 0.3) is 0 Å². The van der Waals surface area contributed by atoms with Crippen molar-refractivity contribution in [3.63, 3.8) is 0 Å². The predicted octanol–water partition coefficient (Wildman–Crippen LogP) is 3.80. The molecule has 1 fully saturated rings. The van der Waals surface area contributed by atoms with Gasteiger partial charge in [-0.05, 0) is 43.9 Å². The molecular weight excluding hydrogens is 270 g/mol. The normalized spacial score (nSPS) is 19.8. The largest absolute Gasteiger partial charge is 0.396 e. The Morgan fingerprint density at radius 3 is 2.70 bits per heavy atom. The molecule has 0 bridgehead atoms. The van der Waals surface area contributed by atoms with E-state index in [4.69, 9.17) is 11.6 Å². The van der Waals surface area contributed by atoms with Gasteiger partial charge in [-0.25, -0.2) is 0 Å². The van der Waals surface area contributed by atoms with Crippen LogP contribution >= 0.6 is 11.6 Å². The number of aliphatic hydroxyl groups is 1. The zero-order chi connectivity index (χ0) is 14.4. The SMILES string of the molecule is CC(Cc1cccc(Cl)c1)NCC1(CO)CCCCC1. The molecule has 0 aromatic heterocycles. The Kier molecular flexibility index (Phi) is 5.88. The summed E-state index contributed by atoms with van der Waals surface area (Å²) < 4.78 is 0. The average Bonchev–Trinajstić information content (AvgIpc) is 2.46. The molecular formula is C17H26ClNO. The number of halogens is 1. The number of hydrogen-bond acceptors (Lipinski definition) is 2. The summed E-state index contributed by atoms with van der Waals surface area (Å²) in [6.45, 7) is 3.43. The van der Waals surface area contributed by atoms with Crippen LogP contribution in [0, 0.1) is 5.41 Å². The van der Waals surface area contributed by atoms with E-state index < -0.39 is 0 Å². The third-order valence-electron chi connectivity index (χ3n) is 4.51. The Morgan fingerprint density at radius 2 is 2.05 bits per heavy atom. The van der Waals surface area contributed by atoms with Crippen molar-refractivity contribution >= 4 is 11.6 Å². The highest BCUT2D eigenvalue weighted by Crippen LogP contribution is 2.35. The van der Waals surface area contributed by atoms with Gasteiger partial charge < -0.3 is 10.4 Å². The monoisotopic (exact) mass is 295 g/mol. The van der Waals surface area contributed by atoms with E-state index in [0.29, 0.717) is 12.6 Å². The van der Waals surface area contributed by atoms with Crippen LogP contribution < -0.4 is 5.32 Å². The van der Waals surface area contributed by atoms with Gasteiger partial charge >= 0.3 is 0 Å². The second-order valence-electron chi connectivity index (χ2n) is 6.33. The average molecular weight is 296 g/mol. The second-order valence-corrected chi connectivity index (χ2v) is 6.77. The minimum Gasteiger partial charge on any atom is -0.396 e. The van der Waals surface area contributed by atoms with Crippen molar-refractivity contribution in [1.82, 2.24) is 5.32 Å². The van der Waals surface area contributed by atoms with Crippen molar-refractivity contribution in [3.05, 3.63) is 34.9 Å². The highest BCUT2D eigenvalue weighted by atomic mass is 35.5. The molecule has 20 heavy (non-hydrogen) atoms. The lowest BCUT2D eigenvalue weighted by Gasteiger charge is -2.36. The smallest absolute Gasteiger partial charge is 0.0499 e. The van der Waals surface area contributed by atoms with Crippen molar-refractivity contribution in [2.24, 2.45) is 5.41 Å². The molecule has 0 radical (unpaired) electrons. The highest BCUT2D eigenvalue weighted by molar-refractivity contribution is 6.30. The quantitative estimate of drug-likeness (QED) is 0.836. The maximum absolute atomic E-state index is 9.72. The van der Waals surface area contributed by atoms with Crippen LogP contribution in [0.3, 0.4) is 0 Å². The van der Waals surface area contributed by atoms with Gasteiger partial charge in [-0.3, -0.25) is 0 Å². The standard InChI is InChI=1S/C17H26ClNO/c1-14(10-15-6-5-7-16(18)11-15)19-12-17(13-20)8-3-2-4-9-17/h5-7,11,14,19-20H,2-4,8-10,12-13H2,1H3. The molecule has 1 aliphatic carbocycles. The molecule has 1 aliphatic rings. The maximum atomic E-state index is 9.72. The van der Waals surface area contributed by atoms with Gasteiger partial charge in [0.05, 0.1) is 0 Å². The fraction of sp³-hybridized carbons (Fsp3) is 0.647. The Bertz CT molecular complexity index is 415.